The Morgan fingerprint density at radius 3 is 2.50 bits per heavy atom. The van der Waals surface area contributed by atoms with Crippen LogP contribution in [0.25, 0.3) is 27.6 Å². The molecule has 0 aliphatic carbocycles. The second-order valence-corrected chi connectivity index (χ2v) is 5.63. The minimum atomic E-state index is -0.476. The number of halogens is 1. The summed E-state index contributed by atoms with van der Waals surface area (Å²) in [6.45, 7) is 0. The summed E-state index contributed by atoms with van der Waals surface area (Å²) in [5.41, 5.74) is 12.9. The smallest absolute Gasteiger partial charge is 0.282 e. The SMILES string of the molecule is Cl.NC(N)=NC(=O)c1cn(-c2ccc3ccccc3n2)c2ccccc12. The van der Waals surface area contributed by atoms with E-state index in [2.05, 4.69) is 4.99 Å². The van der Waals surface area contributed by atoms with E-state index in [1.54, 1.807) is 6.20 Å². The van der Waals surface area contributed by atoms with Crippen LogP contribution in [0.1, 0.15) is 10.4 Å². The van der Waals surface area contributed by atoms with Gasteiger partial charge in [-0.1, -0.05) is 36.4 Å². The average molecular weight is 366 g/mol. The Hall–Kier alpha value is -3.38. The van der Waals surface area contributed by atoms with Crippen molar-refractivity contribution < 1.29 is 4.79 Å². The summed E-state index contributed by atoms with van der Waals surface area (Å²) < 4.78 is 1.87. The Kier molecular flexibility index (Phi) is 4.60. The first-order chi connectivity index (χ1) is 12.1. The van der Waals surface area contributed by atoms with Crippen molar-refractivity contribution in [2.45, 2.75) is 0 Å². The standard InChI is InChI=1S/C19H15N5O.ClH/c20-19(21)23-18(25)14-11-24(16-8-4-2-6-13(14)16)17-10-9-12-5-1-3-7-15(12)22-17;/h1-11H,(H4,20,21,23,25);1H. The van der Waals surface area contributed by atoms with Crippen LogP contribution in [0.2, 0.25) is 0 Å². The van der Waals surface area contributed by atoms with E-state index >= 15 is 0 Å². The highest BCUT2D eigenvalue weighted by molar-refractivity contribution is 6.11. The number of aromatic nitrogens is 2. The van der Waals surface area contributed by atoms with Gasteiger partial charge >= 0.3 is 0 Å². The molecule has 130 valence electrons. The van der Waals surface area contributed by atoms with Crippen LogP contribution in [0.4, 0.5) is 0 Å². The van der Waals surface area contributed by atoms with Crippen molar-refractivity contribution in [3.63, 3.8) is 0 Å². The van der Waals surface area contributed by atoms with Crippen LogP contribution < -0.4 is 11.5 Å². The molecule has 2 aromatic heterocycles. The maximum Gasteiger partial charge on any atom is 0.282 e. The lowest BCUT2D eigenvalue weighted by atomic mass is 10.2. The van der Waals surface area contributed by atoms with Gasteiger partial charge in [0.2, 0.25) is 0 Å². The number of nitrogens with two attached hydrogens (primary N) is 2. The number of fused-ring (bicyclic) bond motifs is 2. The zero-order valence-corrected chi connectivity index (χ0v) is 14.5. The minimum absolute atomic E-state index is 0. The lowest BCUT2D eigenvalue weighted by Crippen LogP contribution is -2.24. The van der Waals surface area contributed by atoms with Crippen molar-refractivity contribution in [3.05, 3.63) is 72.4 Å². The van der Waals surface area contributed by atoms with Crippen molar-refractivity contribution in [2.24, 2.45) is 16.5 Å². The summed E-state index contributed by atoms with van der Waals surface area (Å²) >= 11 is 0. The Morgan fingerprint density at radius 2 is 1.69 bits per heavy atom. The predicted octanol–water partition coefficient (Wildman–Crippen LogP) is 3.01. The third-order valence-electron chi connectivity index (χ3n) is 4.00. The zero-order valence-electron chi connectivity index (χ0n) is 13.7. The number of rotatable bonds is 2. The topological polar surface area (TPSA) is 99.3 Å². The van der Waals surface area contributed by atoms with Crippen LogP contribution in [0.3, 0.4) is 0 Å². The molecule has 1 amide bonds. The zero-order chi connectivity index (χ0) is 17.4. The number of amides is 1. The predicted molar refractivity (Wildman–Crippen MR) is 106 cm³/mol. The summed E-state index contributed by atoms with van der Waals surface area (Å²) in [5.74, 6) is -0.0138. The number of carbonyl (C=O) groups is 1. The summed E-state index contributed by atoms with van der Waals surface area (Å²) in [6.07, 6.45) is 1.72. The molecular formula is C19H16ClN5O. The van der Waals surface area contributed by atoms with Gasteiger partial charge in [0.1, 0.15) is 5.82 Å². The van der Waals surface area contributed by atoms with Crippen molar-refractivity contribution in [3.8, 4) is 5.82 Å². The molecule has 0 radical (unpaired) electrons. The fraction of sp³-hybridized carbons (Fsp3) is 0. The quantitative estimate of drug-likeness (QED) is 0.421. The second kappa shape index (κ2) is 6.85. The first-order valence-corrected chi connectivity index (χ1v) is 7.74. The van der Waals surface area contributed by atoms with Crippen molar-refractivity contribution in [1.29, 1.82) is 0 Å². The fourth-order valence-corrected chi connectivity index (χ4v) is 2.91. The first-order valence-electron chi connectivity index (χ1n) is 7.74. The average Bonchev–Trinajstić information content (AvgIpc) is 3.00. The second-order valence-electron chi connectivity index (χ2n) is 5.63. The van der Waals surface area contributed by atoms with E-state index in [4.69, 9.17) is 16.5 Å². The summed E-state index contributed by atoms with van der Waals surface area (Å²) in [5, 5.41) is 1.83. The molecule has 4 aromatic rings. The Balaban J connectivity index is 0.00000196. The van der Waals surface area contributed by atoms with Crippen LogP contribution in [0, 0.1) is 0 Å². The highest BCUT2D eigenvalue weighted by atomic mass is 35.5. The highest BCUT2D eigenvalue weighted by Crippen LogP contribution is 2.25. The van der Waals surface area contributed by atoms with Gasteiger partial charge in [-0.15, -0.1) is 12.4 Å². The van der Waals surface area contributed by atoms with Gasteiger partial charge in [-0.3, -0.25) is 4.79 Å². The van der Waals surface area contributed by atoms with Crippen LogP contribution in [0.5, 0.6) is 0 Å². The molecule has 2 aromatic carbocycles. The Bertz CT molecular complexity index is 1150. The van der Waals surface area contributed by atoms with Gasteiger partial charge in [0, 0.05) is 17.0 Å². The molecule has 4 N–H and O–H groups in total. The molecule has 0 atom stereocenters. The van der Waals surface area contributed by atoms with Gasteiger partial charge in [-0.2, -0.15) is 4.99 Å². The number of pyridine rings is 1. The molecular weight excluding hydrogens is 350 g/mol. The minimum Gasteiger partial charge on any atom is -0.370 e. The molecule has 0 fully saturated rings. The van der Waals surface area contributed by atoms with Crippen molar-refractivity contribution in [2.75, 3.05) is 0 Å². The lowest BCUT2D eigenvalue weighted by molar-refractivity contribution is 0.100. The Morgan fingerprint density at radius 1 is 0.962 bits per heavy atom. The molecule has 0 bridgehead atoms. The van der Waals surface area contributed by atoms with Crippen LogP contribution >= 0.6 is 12.4 Å². The fourth-order valence-electron chi connectivity index (χ4n) is 2.91. The first kappa shape index (κ1) is 17.4. The number of para-hydroxylation sites is 2. The van der Waals surface area contributed by atoms with Gasteiger partial charge in [-0.25, -0.2) is 4.98 Å². The van der Waals surface area contributed by atoms with E-state index in [0.717, 1.165) is 27.6 Å². The van der Waals surface area contributed by atoms with E-state index in [-0.39, 0.29) is 18.4 Å². The van der Waals surface area contributed by atoms with Gasteiger partial charge in [0.05, 0.1) is 16.6 Å². The summed E-state index contributed by atoms with van der Waals surface area (Å²) in [6, 6.07) is 19.4. The van der Waals surface area contributed by atoms with Crippen LogP contribution in [0.15, 0.2) is 71.9 Å². The van der Waals surface area contributed by atoms with E-state index in [1.165, 1.54) is 0 Å². The van der Waals surface area contributed by atoms with Gasteiger partial charge in [0.25, 0.3) is 5.91 Å². The van der Waals surface area contributed by atoms with E-state index in [0.29, 0.717) is 5.56 Å². The monoisotopic (exact) mass is 365 g/mol. The third-order valence-corrected chi connectivity index (χ3v) is 4.00. The maximum atomic E-state index is 12.3. The molecule has 26 heavy (non-hydrogen) atoms. The molecule has 6 nitrogen and oxygen atoms in total. The van der Waals surface area contributed by atoms with Crippen molar-refractivity contribution >= 4 is 46.1 Å². The number of carbonyl (C=O) groups excluding carboxylic acids is 1. The summed E-state index contributed by atoms with van der Waals surface area (Å²) in [7, 11) is 0. The number of nitrogens with zero attached hydrogens (tertiary/aromatic N) is 3. The van der Waals surface area contributed by atoms with Gasteiger partial charge < -0.3 is 16.0 Å². The third kappa shape index (κ3) is 2.98. The maximum absolute atomic E-state index is 12.3. The highest BCUT2D eigenvalue weighted by Gasteiger charge is 2.16. The van der Waals surface area contributed by atoms with Gasteiger partial charge in [-0.05, 0) is 24.3 Å². The van der Waals surface area contributed by atoms with Crippen LogP contribution in [-0.2, 0) is 0 Å². The largest absolute Gasteiger partial charge is 0.370 e. The molecule has 0 saturated heterocycles. The lowest BCUT2D eigenvalue weighted by Gasteiger charge is -2.05. The van der Waals surface area contributed by atoms with E-state index < -0.39 is 5.91 Å². The Labute approximate surface area is 155 Å². The van der Waals surface area contributed by atoms with E-state index in [9.17, 15) is 4.79 Å². The number of benzene rings is 2. The number of hydrogen-bond donors (Lipinski definition) is 2. The van der Waals surface area contributed by atoms with Crippen molar-refractivity contribution in [1.82, 2.24) is 9.55 Å². The number of guanidine groups is 1. The molecule has 4 rings (SSSR count). The van der Waals surface area contributed by atoms with Crippen LogP contribution in [-0.4, -0.2) is 21.4 Å². The van der Waals surface area contributed by atoms with E-state index in [1.807, 2.05) is 65.2 Å². The molecule has 2 heterocycles. The molecule has 0 unspecified atom stereocenters. The molecule has 0 saturated carbocycles. The molecule has 7 heteroatoms. The normalized spacial score (nSPS) is 10.5. The molecule has 0 aliphatic rings. The molecule has 0 spiro atoms. The summed E-state index contributed by atoms with van der Waals surface area (Å²) in [4.78, 5) is 20.7. The van der Waals surface area contributed by atoms with Gasteiger partial charge in [0.15, 0.2) is 5.96 Å². The molecule has 0 aliphatic heterocycles. The number of aliphatic imine (C=N–C) groups is 1. The number of hydrogen-bond acceptors (Lipinski definition) is 2.